The summed E-state index contributed by atoms with van der Waals surface area (Å²) in [7, 11) is 3.32. The van der Waals surface area contributed by atoms with Crippen molar-refractivity contribution in [1.29, 1.82) is 0 Å². The first kappa shape index (κ1) is 31.4. The van der Waals surface area contributed by atoms with E-state index in [1.54, 1.807) is 14.2 Å². The number of fused-ring (bicyclic) bond motifs is 1. The highest BCUT2D eigenvalue weighted by Gasteiger charge is 2.20. The number of morpholine rings is 1. The molecule has 0 amide bonds. The maximum Gasteiger partial charge on any atom is 0.320 e. The lowest BCUT2D eigenvalue weighted by molar-refractivity contribution is 0.0317. The highest BCUT2D eigenvalue weighted by molar-refractivity contribution is 6.03. The van der Waals surface area contributed by atoms with Crippen molar-refractivity contribution in [3.05, 3.63) is 29.3 Å². The summed E-state index contributed by atoms with van der Waals surface area (Å²) in [4.78, 5) is 14.0. The van der Waals surface area contributed by atoms with Gasteiger partial charge in [-0.05, 0) is 49.8 Å². The third-order valence-electron chi connectivity index (χ3n) is 6.83. The van der Waals surface area contributed by atoms with Crippen LogP contribution in [0.3, 0.4) is 0 Å². The van der Waals surface area contributed by atoms with Crippen LogP contribution in [-0.4, -0.2) is 87.3 Å². The molecule has 1 fully saturated rings. The zero-order valence-electron chi connectivity index (χ0n) is 25.3. The molecule has 1 aliphatic carbocycles. The highest BCUT2D eigenvalue weighted by Crippen LogP contribution is 2.34. The predicted molar refractivity (Wildman–Crippen MR) is 162 cm³/mol. The van der Waals surface area contributed by atoms with Gasteiger partial charge in [-0.2, -0.15) is 15.1 Å². The van der Waals surface area contributed by atoms with Crippen LogP contribution in [0, 0.1) is 0 Å². The average Bonchev–Trinajstić information content (AvgIpc) is 3.00. The van der Waals surface area contributed by atoms with Gasteiger partial charge in [-0.3, -0.25) is 10.3 Å². The Balaban J connectivity index is 0.00000216. The van der Waals surface area contributed by atoms with Crippen LogP contribution in [0.25, 0.3) is 0 Å². The number of aromatic nitrogens is 2. The smallest absolute Gasteiger partial charge is 0.320 e. The van der Waals surface area contributed by atoms with Gasteiger partial charge < -0.3 is 23.8 Å². The molecule has 2 aliphatic rings. The van der Waals surface area contributed by atoms with Crippen molar-refractivity contribution in [2.45, 2.75) is 59.8 Å². The lowest BCUT2D eigenvalue weighted by atomic mass is 9.89. The molecule has 0 unspecified atom stereocenters. The maximum absolute atomic E-state index is 6.05. The van der Waals surface area contributed by atoms with E-state index < -0.39 is 0 Å². The monoisotopic (exact) mass is 556 g/mol. The lowest BCUT2D eigenvalue weighted by Gasteiger charge is -2.26. The minimum absolute atomic E-state index is 0.367. The van der Waals surface area contributed by atoms with E-state index in [-0.39, 0.29) is 0 Å². The Hall–Kier alpha value is -3.11. The fourth-order valence-corrected chi connectivity index (χ4v) is 4.89. The van der Waals surface area contributed by atoms with Crippen LogP contribution in [0.2, 0.25) is 0 Å². The molecule has 222 valence electrons. The van der Waals surface area contributed by atoms with Gasteiger partial charge in [0.1, 0.15) is 12.4 Å². The molecule has 40 heavy (non-hydrogen) atoms. The van der Waals surface area contributed by atoms with E-state index in [1.807, 2.05) is 26.0 Å². The van der Waals surface area contributed by atoms with Gasteiger partial charge in [0.2, 0.25) is 0 Å². The molecule has 2 heterocycles. The molecule has 1 aromatic carbocycles. The molecule has 1 aromatic heterocycles. The van der Waals surface area contributed by atoms with E-state index in [0.29, 0.717) is 24.2 Å². The Labute approximate surface area is 240 Å². The number of rotatable bonds is 13. The summed E-state index contributed by atoms with van der Waals surface area (Å²) in [6.07, 6.45) is 4.94. The van der Waals surface area contributed by atoms with Crippen LogP contribution in [0.5, 0.6) is 17.5 Å². The number of hydrazone groups is 1. The van der Waals surface area contributed by atoms with E-state index >= 15 is 0 Å². The van der Waals surface area contributed by atoms with Crippen molar-refractivity contribution in [2.75, 3.05) is 77.1 Å². The molecule has 10 nitrogen and oxygen atoms in total. The Morgan fingerprint density at radius 2 is 1.68 bits per heavy atom. The SMILES string of the molecule is CC.CCCN(CCC)c1cc(N/N=C2\CCCc3cc(OC)c(OC)cc32)nc(OCCN2CCOCC2)n1. The zero-order valence-corrected chi connectivity index (χ0v) is 25.3. The lowest BCUT2D eigenvalue weighted by Crippen LogP contribution is -2.38. The molecule has 0 atom stereocenters. The third kappa shape index (κ3) is 8.69. The van der Waals surface area contributed by atoms with E-state index in [9.17, 15) is 0 Å². The summed E-state index contributed by atoms with van der Waals surface area (Å²) < 4.78 is 22.5. The molecular weight excluding hydrogens is 508 g/mol. The largest absolute Gasteiger partial charge is 0.493 e. The minimum Gasteiger partial charge on any atom is -0.493 e. The average molecular weight is 557 g/mol. The Bertz CT molecular complexity index is 1070. The predicted octanol–water partition coefficient (Wildman–Crippen LogP) is 5.01. The standard InChI is InChI=1S/C28H42N6O4.C2H6/c1-5-10-34(11-6-2)27-20-26(29-28(30-27)38-17-14-33-12-15-37-16-13-33)32-31-23-9-7-8-21-18-24(35-3)25(36-4)19-22(21)23;1-2/h18-20H,5-17H2,1-4H3,(H,29,30,32);1-2H3/b31-23+;. The van der Waals surface area contributed by atoms with E-state index in [1.165, 1.54) is 5.56 Å². The second-order valence-corrected chi connectivity index (χ2v) is 9.57. The Kier molecular flexibility index (Phi) is 13.3. The second-order valence-electron chi connectivity index (χ2n) is 9.57. The molecule has 1 N–H and O–H groups in total. The van der Waals surface area contributed by atoms with Crippen molar-refractivity contribution in [3.63, 3.8) is 0 Å². The number of nitrogens with one attached hydrogen (secondary N) is 1. The summed E-state index contributed by atoms with van der Waals surface area (Å²) in [6, 6.07) is 6.40. The van der Waals surface area contributed by atoms with Gasteiger partial charge in [-0.1, -0.05) is 27.7 Å². The van der Waals surface area contributed by atoms with Crippen molar-refractivity contribution in [2.24, 2.45) is 5.10 Å². The second kappa shape index (κ2) is 16.9. The maximum atomic E-state index is 6.05. The fraction of sp³-hybridized carbons (Fsp3) is 0.633. The summed E-state index contributed by atoms with van der Waals surface area (Å²) in [5.74, 6) is 2.92. The molecule has 10 heteroatoms. The zero-order chi connectivity index (χ0) is 28.7. The molecule has 0 radical (unpaired) electrons. The molecule has 1 saturated heterocycles. The van der Waals surface area contributed by atoms with Crippen molar-refractivity contribution >= 4 is 17.3 Å². The molecule has 0 bridgehead atoms. The van der Waals surface area contributed by atoms with Crippen LogP contribution in [0.1, 0.15) is 64.5 Å². The summed E-state index contributed by atoms with van der Waals surface area (Å²) in [6.45, 7) is 14.9. The van der Waals surface area contributed by atoms with Crippen LogP contribution in [-0.2, 0) is 11.2 Å². The number of anilines is 2. The first-order valence-electron chi connectivity index (χ1n) is 14.8. The van der Waals surface area contributed by atoms with Crippen molar-refractivity contribution in [3.8, 4) is 17.5 Å². The van der Waals surface area contributed by atoms with Crippen molar-refractivity contribution < 1.29 is 18.9 Å². The molecule has 4 rings (SSSR count). The van der Waals surface area contributed by atoms with Gasteiger partial charge in [-0.25, -0.2) is 0 Å². The van der Waals surface area contributed by atoms with Crippen LogP contribution < -0.4 is 24.5 Å². The minimum atomic E-state index is 0.367. The highest BCUT2D eigenvalue weighted by atomic mass is 16.5. The summed E-state index contributed by atoms with van der Waals surface area (Å²) in [5, 5.41) is 4.80. The van der Waals surface area contributed by atoms with E-state index in [4.69, 9.17) is 29.0 Å². The van der Waals surface area contributed by atoms with Gasteiger partial charge in [0, 0.05) is 44.4 Å². The van der Waals surface area contributed by atoms with E-state index in [0.717, 1.165) is 101 Å². The van der Waals surface area contributed by atoms with Crippen LogP contribution >= 0.6 is 0 Å². The molecule has 1 aliphatic heterocycles. The van der Waals surface area contributed by atoms with Gasteiger partial charge in [0.25, 0.3) is 0 Å². The van der Waals surface area contributed by atoms with Crippen molar-refractivity contribution in [1.82, 2.24) is 14.9 Å². The summed E-state index contributed by atoms with van der Waals surface area (Å²) >= 11 is 0. The molecule has 0 saturated carbocycles. The Morgan fingerprint density at radius 3 is 2.35 bits per heavy atom. The number of nitrogens with zero attached hydrogens (tertiary/aromatic N) is 5. The normalized spacial score (nSPS) is 16.0. The van der Waals surface area contributed by atoms with Gasteiger partial charge in [0.15, 0.2) is 17.3 Å². The van der Waals surface area contributed by atoms with E-state index in [2.05, 4.69) is 40.1 Å². The first-order valence-corrected chi connectivity index (χ1v) is 14.8. The molecular formula is C30H48N6O4. The topological polar surface area (TPSA) is 93.6 Å². The molecule has 2 aromatic rings. The third-order valence-corrected chi connectivity index (χ3v) is 6.83. The first-order chi connectivity index (χ1) is 19.6. The van der Waals surface area contributed by atoms with Gasteiger partial charge in [0.05, 0.1) is 33.1 Å². The van der Waals surface area contributed by atoms with Gasteiger partial charge >= 0.3 is 6.01 Å². The number of methoxy groups -OCH3 is 2. The van der Waals surface area contributed by atoms with Crippen LogP contribution in [0.4, 0.5) is 11.6 Å². The van der Waals surface area contributed by atoms with Crippen LogP contribution in [0.15, 0.2) is 23.3 Å². The number of benzene rings is 1. The molecule has 0 spiro atoms. The quantitative estimate of drug-likeness (QED) is 0.342. The van der Waals surface area contributed by atoms with Gasteiger partial charge in [-0.15, -0.1) is 0 Å². The fourth-order valence-electron chi connectivity index (χ4n) is 4.89. The number of hydrogen-bond acceptors (Lipinski definition) is 10. The summed E-state index contributed by atoms with van der Waals surface area (Å²) in [5.41, 5.74) is 6.48. The number of hydrogen-bond donors (Lipinski definition) is 1. The number of aryl methyl sites for hydroxylation is 1. The number of ether oxygens (including phenoxy) is 4. The Morgan fingerprint density at radius 1 is 0.975 bits per heavy atom.